The van der Waals surface area contributed by atoms with E-state index in [4.69, 9.17) is 0 Å². The molecule has 0 unspecified atom stereocenters. The molecular formula is C18H41N3. The van der Waals surface area contributed by atoms with Crippen molar-refractivity contribution in [1.82, 2.24) is 15.5 Å². The molecule has 0 aliphatic carbocycles. The predicted octanol–water partition coefficient (Wildman–Crippen LogP) is 3.64. The molecule has 0 fully saturated rings. The van der Waals surface area contributed by atoms with Gasteiger partial charge in [-0.15, -0.1) is 0 Å². The Labute approximate surface area is 134 Å². The van der Waals surface area contributed by atoms with Crippen molar-refractivity contribution in [2.75, 3.05) is 32.7 Å². The van der Waals surface area contributed by atoms with Crippen LogP contribution in [0.15, 0.2) is 0 Å². The van der Waals surface area contributed by atoms with Gasteiger partial charge in [0.1, 0.15) is 0 Å². The summed E-state index contributed by atoms with van der Waals surface area (Å²) in [5.74, 6) is 0. The summed E-state index contributed by atoms with van der Waals surface area (Å²) in [5, 5.41) is 7.31. The molecule has 0 aromatic carbocycles. The molecular weight excluding hydrogens is 258 g/mol. The van der Waals surface area contributed by atoms with Crippen LogP contribution >= 0.6 is 0 Å². The van der Waals surface area contributed by atoms with Gasteiger partial charge in [0.15, 0.2) is 0 Å². The van der Waals surface area contributed by atoms with Crippen LogP contribution in [0, 0.1) is 0 Å². The third-order valence-electron chi connectivity index (χ3n) is 4.59. The molecule has 3 heteroatoms. The summed E-state index contributed by atoms with van der Waals surface area (Å²) < 4.78 is 0. The second kappa shape index (κ2) is 14.8. The van der Waals surface area contributed by atoms with Gasteiger partial charge in [0, 0.05) is 12.1 Å². The standard InChI is InChI=1S/C18H41N3/c1-6-17(7-2)19-13-11-15-21(10-5)16-12-14-20-18(8-3)9-4/h17-20H,6-16H2,1-5H3. The first-order valence-corrected chi connectivity index (χ1v) is 9.40. The summed E-state index contributed by atoms with van der Waals surface area (Å²) in [6.45, 7) is 17.3. The van der Waals surface area contributed by atoms with Crippen LogP contribution in [0.4, 0.5) is 0 Å². The molecule has 0 bridgehead atoms. The molecule has 0 rings (SSSR count). The Morgan fingerprint density at radius 2 is 1.05 bits per heavy atom. The molecule has 0 aliphatic heterocycles. The van der Waals surface area contributed by atoms with Crippen LogP contribution in [0.3, 0.4) is 0 Å². The first kappa shape index (κ1) is 20.9. The van der Waals surface area contributed by atoms with E-state index in [1.165, 1.54) is 58.2 Å². The normalized spacial score (nSPS) is 12.0. The summed E-state index contributed by atoms with van der Waals surface area (Å²) in [6, 6.07) is 1.42. The van der Waals surface area contributed by atoms with Crippen LogP contribution in [0.5, 0.6) is 0 Å². The van der Waals surface area contributed by atoms with Crippen molar-refractivity contribution in [2.24, 2.45) is 0 Å². The molecule has 0 heterocycles. The summed E-state index contributed by atoms with van der Waals surface area (Å²) in [5.41, 5.74) is 0. The van der Waals surface area contributed by atoms with Crippen molar-refractivity contribution < 1.29 is 0 Å². The molecule has 3 nitrogen and oxygen atoms in total. The highest BCUT2D eigenvalue weighted by atomic mass is 15.1. The maximum atomic E-state index is 3.66. The molecule has 0 radical (unpaired) electrons. The lowest BCUT2D eigenvalue weighted by Crippen LogP contribution is -2.34. The highest BCUT2D eigenvalue weighted by molar-refractivity contribution is 4.65. The number of hydrogen-bond donors (Lipinski definition) is 2. The zero-order valence-electron chi connectivity index (χ0n) is 15.4. The topological polar surface area (TPSA) is 27.3 Å². The molecule has 0 aromatic rings. The van der Waals surface area contributed by atoms with E-state index in [0.29, 0.717) is 12.1 Å². The lowest BCUT2D eigenvalue weighted by atomic mass is 10.1. The smallest absolute Gasteiger partial charge is 0.00618 e. The fraction of sp³-hybridized carbons (Fsp3) is 1.00. The van der Waals surface area contributed by atoms with Gasteiger partial charge in [-0.2, -0.15) is 0 Å². The first-order valence-electron chi connectivity index (χ1n) is 9.40. The molecule has 0 aliphatic rings. The Bertz CT molecular complexity index is 181. The predicted molar refractivity (Wildman–Crippen MR) is 96.1 cm³/mol. The van der Waals surface area contributed by atoms with Gasteiger partial charge in [-0.3, -0.25) is 0 Å². The van der Waals surface area contributed by atoms with Crippen LogP contribution in [0.2, 0.25) is 0 Å². The van der Waals surface area contributed by atoms with E-state index in [-0.39, 0.29) is 0 Å². The average molecular weight is 300 g/mol. The quantitative estimate of drug-likeness (QED) is 0.452. The van der Waals surface area contributed by atoms with Crippen molar-refractivity contribution >= 4 is 0 Å². The molecule has 0 amide bonds. The highest BCUT2D eigenvalue weighted by Gasteiger charge is 2.05. The summed E-state index contributed by atoms with van der Waals surface area (Å²) in [6.07, 6.45) is 7.52. The van der Waals surface area contributed by atoms with Gasteiger partial charge in [-0.1, -0.05) is 34.6 Å². The zero-order chi connectivity index (χ0) is 15.9. The zero-order valence-corrected chi connectivity index (χ0v) is 15.4. The molecule has 0 spiro atoms. The third kappa shape index (κ3) is 11.1. The van der Waals surface area contributed by atoms with Gasteiger partial charge in [0.05, 0.1) is 0 Å². The van der Waals surface area contributed by atoms with E-state index in [2.05, 4.69) is 50.2 Å². The van der Waals surface area contributed by atoms with Crippen molar-refractivity contribution in [1.29, 1.82) is 0 Å². The van der Waals surface area contributed by atoms with Gasteiger partial charge in [-0.05, 0) is 71.2 Å². The molecule has 0 aromatic heterocycles. The minimum absolute atomic E-state index is 0.712. The Hall–Kier alpha value is -0.120. The molecule has 2 N–H and O–H groups in total. The Morgan fingerprint density at radius 3 is 1.33 bits per heavy atom. The van der Waals surface area contributed by atoms with Crippen LogP contribution in [0.25, 0.3) is 0 Å². The molecule has 0 saturated carbocycles. The van der Waals surface area contributed by atoms with Crippen molar-refractivity contribution in [2.45, 2.75) is 85.2 Å². The second-order valence-electron chi connectivity index (χ2n) is 6.08. The Balaban J connectivity index is 3.62. The van der Waals surface area contributed by atoms with E-state index in [1.807, 2.05) is 0 Å². The minimum atomic E-state index is 0.712. The van der Waals surface area contributed by atoms with E-state index in [0.717, 1.165) is 13.1 Å². The van der Waals surface area contributed by atoms with Crippen molar-refractivity contribution in [3.05, 3.63) is 0 Å². The van der Waals surface area contributed by atoms with Gasteiger partial charge in [0.25, 0.3) is 0 Å². The Kier molecular flexibility index (Phi) is 14.7. The SMILES string of the molecule is CCC(CC)NCCCN(CC)CCCNC(CC)CC. The fourth-order valence-electron chi connectivity index (χ4n) is 2.80. The number of hydrogen-bond acceptors (Lipinski definition) is 3. The van der Waals surface area contributed by atoms with E-state index in [1.54, 1.807) is 0 Å². The molecule has 128 valence electrons. The van der Waals surface area contributed by atoms with E-state index in [9.17, 15) is 0 Å². The van der Waals surface area contributed by atoms with Crippen LogP contribution in [0.1, 0.15) is 73.1 Å². The van der Waals surface area contributed by atoms with E-state index < -0.39 is 0 Å². The number of rotatable bonds is 15. The van der Waals surface area contributed by atoms with Crippen LogP contribution in [-0.2, 0) is 0 Å². The van der Waals surface area contributed by atoms with Gasteiger partial charge >= 0.3 is 0 Å². The van der Waals surface area contributed by atoms with Gasteiger partial charge in [-0.25, -0.2) is 0 Å². The molecule has 21 heavy (non-hydrogen) atoms. The van der Waals surface area contributed by atoms with Crippen molar-refractivity contribution in [3.8, 4) is 0 Å². The monoisotopic (exact) mass is 299 g/mol. The lowest BCUT2D eigenvalue weighted by molar-refractivity contribution is 0.273. The van der Waals surface area contributed by atoms with Crippen molar-refractivity contribution in [3.63, 3.8) is 0 Å². The summed E-state index contributed by atoms with van der Waals surface area (Å²) in [4.78, 5) is 2.59. The minimum Gasteiger partial charge on any atom is -0.314 e. The van der Waals surface area contributed by atoms with Gasteiger partial charge < -0.3 is 15.5 Å². The summed E-state index contributed by atoms with van der Waals surface area (Å²) >= 11 is 0. The third-order valence-corrected chi connectivity index (χ3v) is 4.59. The molecule has 0 atom stereocenters. The van der Waals surface area contributed by atoms with E-state index >= 15 is 0 Å². The number of nitrogens with one attached hydrogen (secondary N) is 2. The van der Waals surface area contributed by atoms with Crippen LogP contribution < -0.4 is 10.6 Å². The highest BCUT2D eigenvalue weighted by Crippen LogP contribution is 1.99. The first-order chi connectivity index (χ1) is 10.2. The Morgan fingerprint density at radius 1 is 0.667 bits per heavy atom. The van der Waals surface area contributed by atoms with Gasteiger partial charge in [0.2, 0.25) is 0 Å². The maximum absolute atomic E-state index is 3.66. The fourth-order valence-corrected chi connectivity index (χ4v) is 2.80. The molecule has 0 saturated heterocycles. The van der Waals surface area contributed by atoms with Crippen LogP contribution in [-0.4, -0.2) is 49.7 Å². The average Bonchev–Trinajstić information content (AvgIpc) is 2.53. The largest absolute Gasteiger partial charge is 0.314 e. The summed E-state index contributed by atoms with van der Waals surface area (Å²) in [7, 11) is 0. The maximum Gasteiger partial charge on any atom is 0.00618 e. The second-order valence-corrected chi connectivity index (χ2v) is 6.08. The lowest BCUT2D eigenvalue weighted by Gasteiger charge is -2.22. The number of nitrogens with zero attached hydrogens (tertiary/aromatic N) is 1.